The first-order valence-corrected chi connectivity index (χ1v) is 8.25. The van der Waals surface area contributed by atoms with Gasteiger partial charge in [-0.25, -0.2) is 9.97 Å². The average Bonchev–Trinajstić information content (AvgIpc) is 3.31. The number of nitrogens with zero attached hydrogens (tertiary/aromatic N) is 4. The molecule has 0 N–H and O–H groups in total. The van der Waals surface area contributed by atoms with E-state index in [1.807, 2.05) is 12.7 Å². The van der Waals surface area contributed by atoms with Gasteiger partial charge in [-0.1, -0.05) is 24.3 Å². The molecule has 114 valence electrons. The first-order chi connectivity index (χ1) is 11.4. The van der Waals surface area contributed by atoms with Crippen molar-refractivity contribution in [2.24, 2.45) is 0 Å². The fourth-order valence-electron chi connectivity index (χ4n) is 4.05. The number of para-hydroxylation sites is 4. The summed E-state index contributed by atoms with van der Waals surface area (Å²) in [6, 6.07) is 17.7. The van der Waals surface area contributed by atoms with Crippen LogP contribution in [-0.4, -0.2) is 19.1 Å². The van der Waals surface area contributed by atoms with Gasteiger partial charge in [0, 0.05) is 0 Å². The lowest BCUT2D eigenvalue weighted by Crippen LogP contribution is -2.17. The van der Waals surface area contributed by atoms with E-state index in [0.717, 1.165) is 11.0 Å². The predicted molar refractivity (Wildman–Crippen MR) is 91.4 cm³/mol. The number of hydrogen-bond acceptors (Lipinski definition) is 2. The van der Waals surface area contributed by atoms with Crippen molar-refractivity contribution in [2.75, 3.05) is 0 Å². The molecule has 0 saturated heterocycles. The van der Waals surface area contributed by atoms with Gasteiger partial charge in [-0.05, 0) is 43.5 Å². The second-order valence-corrected chi connectivity index (χ2v) is 6.35. The van der Waals surface area contributed by atoms with Gasteiger partial charge in [-0.15, -0.1) is 0 Å². The van der Waals surface area contributed by atoms with Gasteiger partial charge in [-0.2, -0.15) is 0 Å². The molecule has 5 rings (SSSR count). The summed E-state index contributed by atoms with van der Waals surface area (Å²) in [6.07, 6.45) is 7.64. The Bertz CT molecular complexity index is 901. The molecule has 1 aliphatic rings. The molecule has 1 fully saturated rings. The minimum atomic E-state index is 0.444. The Hall–Kier alpha value is -2.62. The van der Waals surface area contributed by atoms with Crippen molar-refractivity contribution in [3.8, 4) is 0 Å². The van der Waals surface area contributed by atoms with Gasteiger partial charge in [0.15, 0.2) is 0 Å². The SMILES string of the molecule is c1ccc2c(c1)ncn2C1CCCC1n1cnc2ccccc21. The molecule has 0 bridgehead atoms. The first kappa shape index (κ1) is 12.9. The van der Waals surface area contributed by atoms with Crippen LogP contribution in [0.15, 0.2) is 61.2 Å². The van der Waals surface area contributed by atoms with Crippen molar-refractivity contribution in [2.45, 2.75) is 31.3 Å². The van der Waals surface area contributed by atoms with Crippen LogP contribution in [0.2, 0.25) is 0 Å². The molecule has 4 heteroatoms. The van der Waals surface area contributed by atoms with E-state index in [0.29, 0.717) is 12.1 Å². The number of benzene rings is 2. The van der Waals surface area contributed by atoms with Crippen LogP contribution in [-0.2, 0) is 0 Å². The van der Waals surface area contributed by atoms with E-state index in [9.17, 15) is 0 Å². The molecule has 0 aliphatic heterocycles. The number of imidazole rings is 2. The third-order valence-corrected chi connectivity index (χ3v) is 5.12. The third-order valence-electron chi connectivity index (χ3n) is 5.12. The highest BCUT2D eigenvalue weighted by Gasteiger charge is 2.31. The predicted octanol–water partition coefficient (Wildman–Crippen LogP) is 4.35. The normalized spacial score (nSPS) is 21.4. The van der Waals surface area contributed by atoms with Crippen LogP contribution >= 0.6 is 0 Å². The summed E-state index contributed by atoms with van der Waals surface area (Å²) in [5.41, 5.74) is 4.62. The lowest BCUT2D eigenvalue weighted by molar-refractivity contribution is 0.386. The molecule has 2 aromatic carbocycles. The third kappa shape index (κ3) is 1.91. The zero-order valence-corrected chi connectivity index (χ0v) is 12.8. The van der Waals surface area contributed by atoms with Crippen LogP contribution in [0.4, 0.5) is 0 Å². The van der Waals surface area contributed by atoms with E-state index < -0.39 is 0 Å². The highest BCUT2D eigenvalue weighted by Crippen LogP contribution is 2.41. The molecule has 0 spiro atoms. The number of fused-ring (bicyclic) bond motifs is 2. The van der Waals surface area contributed by atoms with Gasteiger partial charge in [0.25, 0.3) is 0 Å². The molecule has 2 unspecified atom stereocenters. The summed E-state index contributed by atoms with van der Waals surface area (Å²) in [5.74, 6) is 0. The topological polar surface area (TPSA) is 35.6 Å². The minimum absolute atomic E-state index is 0.444. The average molecular weight is 302 g/mol. The molecule has 0 amide bonds. The Morgan fingerprint density at radius 3 is 1.70 bits per heavy atom. The Morgan fingerprint density at radius 2 is 1.17 bits per heavy atom. The fourth-order valence-corrected chi connectivity index (χ4v) is 4.05. The second kappa shape index (κ2) is 4.95. The van der Waals surface area contributed by atoms with Crippen LogP contribution in [0.3, 0.4) is 0 Å². The lowest BCUT2D eigenvalue weighted by Gasteiger charge is -2.23. The van der Waals surface area contributed by atoms with Crippen molar-refractivity contribution in [1.82, 2.24) is 19.1 Å². The molecule has 4 nitrogen and oxygen atoms in total. The smallest absolute Gasteiger partial charge is 0.0961 e. The van der Waals surface area contributed by atoms with Crippen molar-refractivity contribution >= 4 is 22.1 Å². The Labute approximate surface area is 134 Å². The van der Waals surface area contributed by atoms with E-state index in [4.69, 9.17) is 0 Å². The van der Waals surface area contributed by atoms with Crippen molar-refractivity contribution in [1.29, 1.82) is 0 Å². The van der Waals surface area contributed by atoms with Crippen LogP contribution in [0, 0.1) is 0 Å². The summed E-state index contributed by atoms with van der Waals surface area (Å²) in [4.78, 5) is 9.16. The maximum atomic E-state index is 4.58. The summed E-state index contributed by atoms with van der Waals surface area (Å²) < 4.78 is 4.73. The van der Waals surface area contributed by atoms with Crippen molar-refractivity contribution in [3.63, 3.8) is 0 Å². The van der Waals surface area contributed by atoms with Gasteiger partial charge in [-0.3, -0.25) is 0 Å². The highest BCUT2D eigenvalue weighted by atomic mass is 15.2. The summed E-state index contributed by atoms with van der Waals surface area (Å²) in [5, 5.41) is 0. The first-order valence-electron chi connectivity index (χ1n) is 8.25. The zero-order chi connectivity index (χ0) is 15.2. The van der Waals surface area contributed by atoms with E-state index >= 15 is 0 Å². The van der Waals surface area contributed by atoms with E-state index in [-0.39, 0.29) is 0 Å². The monoisotopic (exact) mass is 302 g/mol. The van der Waals surface area contributed by atoms with Gasteiger partial charge in [0.05, 0.1) is 46.8 Å². The van der Waals surface area contributed by atoms with E-state index in [1.54, 1.807) is 0 Å². The molecule has 4 aromatic rings. The van der Waals surface area contributed by atoms with E-state index in [1.165, 1.54) is 30.3 Å². The molecule has 0 radical (unpaired) electrons. The number of aromatic nitrogens is 4. The Morgan fingerprint density at radius 1 is 0.696 bits per heavy atom. The number of rotatable bonds is 2. The van der Waals surface area contributed by atoms with Crippen molar-refractivity contribution < 1.29 is 0 Å². The van der Waals surface area contributed by atoms with Gasteiger partial charge in [0.1, 0.15) is 0 Å². The molecule has 23 heavy (non-hydrogen) atoms. The summed E-state index contributed by atoms with van der Waals surface area (Å²) >= 11 is 0. The molecule has 1 saturated carbocycles. The number of hydrogen-bond donors (Lipinski definition) is 0. The largest absolute Gasteiger partial charge is 0.325 e. The minimum Gasteiger partial charge on any atom is -0.325 e. The maximum Gasteiger partial charge on any atom is 0.0961 e. The van der Waals surface area contributed by atoms with Crippen molar-refractivity contribution in [3.05, 3.63) is 61.2 Å². The van der Waals surface area contributed by atoms with Gasteiger partial charge >= 0.3 is 0 Å². The van der Waals surface area contributed by atoms with Gasteiger partial charge in [0.2, 0.25) is 0 Å². The molecular formula is C19H18N4. The van der Waals surface area contributed by atoms with Gasteiger partial charge < -0.3 is 9.13 Å². The molecule has 2 heterocycles. The highest BCUT2D eigenvalue weighted by molar-refractivity contribution is 5.76. The summed E-state index contributed by atoms with van der Waals surface area (Å²) in [7, 11) is 0. The lowest BCUT2D eigenvalue weighted by atomic mass is 10.1. The maximum absolute atomic E-state index is 4.58. The second-order valence-electron chi connectivity index (χ2n) is 6.35. The van der Waals surface area contributed by atoms with Crippen LogP contribution in [0.25, 0.3) is 22.1 Å². The fraction of sp³-hybridized carbons (Fsp3) is 0.263. The summed E-state index contributed by atoms with van der Waals surface area (Å²) in [6.45, 7) is 0. The Balaban J connectivity index is 1.63. The molecule has 2 aromatic heterocycles. The molecule has 1 aliphatic carbocycles. The van der Waals surface area contributed by atoms with E-state index in [2.05, 4.69) is 67.6 Å². The van der Waals surface area contributed by atoms with Crippen LogP contribution in [0.5, 0.6) is 0 Å². The van der Waals surface area contributed by atoms with Crippen LogP contribution < -0.4 is 0 Å². The quantitative estimate of drug-likeness (QED) is 0.552. The van der Waals surface area contributed by atoms with Crippen LogP contribution in [0.1, 0.15) is 31.3 Å². The Kier molecular flexibility index (Phi) is 2.77. The molecule has 2 atom stereocenters. The zero-order valence-electron chi connectivity index (χ0n) is 12.8. The molecular weight excluding hydrogens is 284 g/mol. The standard InChI is InChI=1S/C19H18N4/c1-3-8-16-14(6-1)20-12-22(16)18-10-5-11-19(18)23-13-21-15-7-2-4-9-17(15)23/h1-4,6-9,12-13,18-19H,5,10-11H2.